The standard InChI is InChI=1S/C17H27N5O3/c1-5-22(6-2)13-9-7-12(8-10-13)15(23)20-21-16(24)14(11(3)4)19-17(18)25/h7-11,14H,5-6H2,1-4H3,(H,20,23)(H,21,24)(H3,18,19,25). The van der Waals surface area contributed by atoms with E-state index < -0.39 is 23.9 Å². The van der Waals surface area contributed by atoms with Crippen LogP contribution in [-0.4, -0.2) is 37.0 Å². The number of carbonyl (C=O) groups is 3. The van der Waals surface area contributed by atoms with Crippen LogP contribution in [0.2, 0.25) is 0 Å². The third-order valence-corrected chi connectivity index (χ3v) is 3.80. The fourth-order valence-corrected chi connectivity index (χ4v) is 2.37. The number of rotatable bonds is 7. The van der Waals surface area contributed by atoms with Crippen molar-refractivity contribution in [3.8, 4) is 0 Å². The molecule has 1 aromatic rings. The number of hydrogen-bond donors (Lipinski definition) is 4. The Kier molecular flexibility index (Phi) is 7.71. The molecule has 0 bridgehead atoms. The van der Waals surface area contributed by atoms with Crippen LogP contribution in [0.1, 0.15) is 38.1 Å². The summed E-state index contributed by atoms with van der Waals surface area (Å²) in [5, 5.41) is 2.35. The highest BCUT2D eigenvalue weighted by Crippen LogP contribution is 2.14. The highest BCUT2D eigenvalue weighted by atomic mass is 16.2. The van der Waals surface area contributed by atoms with E-state index in [0.717, 1.165) is 18.8 Å². The van der Waals surface area contributed by atoms with Crippen LogP contribution in [0.4, 0.5) is 10.5 Å². The lowest BCUT2D eigenvalue weighted by Gasteiger charge is -2.21. The summed E-state index contributed by atoms with van der Waals surface area (Å²) in [6.45, 7) is 9.39. The third-order valence-electron chi connectivity index (χ3n) is 3.80. The number of hydrogen-bond acceptors (Lipinski definition) is 4. The number of nitrogens with zero attached hydrogens (tertiary/aromatic N) is 1. The van der Waals surface area contributed by atoms with Crippen LogP contribution in [0.5, 0.6) is 0 Å². The lowest BCUT2D eigenvalue weighted by Crippen LogP contribution is -2.55. The zero-order valence-corrected chi connectivity index (χ0v) is 15.1. The third kappa shape index (κ3) is 5.98. The Hall–Kier alpha value is -2.77. The van der Waals surface area contributed by atoms with Crippen molar-refractivity contribution in [2.75, 3.05) is 18.0 Å². The number of nitrogens with two attached hydrogens (primary N) is 1. The Morgan fingerprint density at radius 1 is 1.04 bits per heavy atom. The molecule has 1 rings (SSSR count). The molecule has 0 saturated heterocycles. The predicted molar refractivity (Wildman–Crippen MR) is 97.0 cm³/mol. The van der Waals surface area contributed by atoms with Crippen molar-refractivity contribution < 1.29 is 14.4 Å². The monoisotopic (exact) mass is 349 g/mol. The highest BCUT2D eigenvalue weighted by Gasteiger charge is 2.23. The highest BCUT2D eigenvalue weighted by molar-refractivity contribution is 5.96. The molecular formula is C17H27N5O3. The van der Waals surface area contributed by atoms with Gasteiger partial charge in [0.2, 0.25) is 0 Å². The molecule has 0 radical (unpaired) electrons. The van der Waals surface area contributed by atoms with E-state index in [4.69, 9.17) is 5.73 Å². The predicted octanol–water partition coefficient (Wildman–Crippen LogP) is 0.987. The van der Waals surface area contributed by atoms with E-state index in [2.05, 4.69) is 34.9 Å². The number of hydrazine groups is 1. The van der Waals surface area contributed by atoms with Crippen LogP contribution >= 0.6 is 0 Å². The minimum Gasteiger partial charge on any atom is -0.372 e. The zero-order valence-electron chi connectivity index (χ0n) is 15.1. The van der Waals surface area contributed by atoms with Crippen LogP contribution in [-0.2, 0) is 4.79 Å². The number of amides is 4. The first-order chi connectivity index (χ1) is 11.8. The summed E-state index contributed by atoms with van der Waals surface area (Å²) in [6.07, 6.45) is 0. The minimum atomic E-state index is -0.831. The van der Waals surface area contributed by atoms with Gasteiger partial charge in [-0.2, -0.15) is 0 Å². The van der Waals surface area contributed by atoms with E-state index in [1.54, 1.807) is 26.0 Å². The SMILES string of the molecule is CCN(CC)c1ccc(C(=O)NNC(=O)C(NC(N)=O)C(C)C)cc1. The van der Waals surface area contributed by atoms with Crippen molar-refractivity contribution in [2.24, 2.45) is 11.7 Å². The van der Waals surface area contributed by atoms with Gasteiger partial charge >= 0.3 is 6.03 Å². The fourth-order valence-electron chi connectivity index (χ4n) is 2.37. The fraction of sp³-hybridized carbons (Fsp3) is 0.471. The molecule has 138 valence electrons. The zero-order chi connectivity index (χ0) is 19.0. The van der Waals surface area contributed by atoms with E-state index in [1.165, 1.54) is 0 Å². The molecule has 0 fully saturated rings. The average molecular weight is 349 g/mol. The number of benzene rings is 1. The second-order valence-corrected chi connectivity index (χ2v) is 5.89. The number of urea groups is 1. The average Bonchev–Trinajstić information content (AvgIpc) is 2.58. The summed E-state index contributed by atoms with van der Waals surface area (Å²) in [7, 11) is 0. The molecule has 0 aliphatic carbocycles. The van der Waals surface area contributed by atoms with Gasteiger partial charge in [-0.3, -0.25) is 20.4 Å². The van der Waals surface area contributed by atoms with Gasteiger partial charge in [0.25, 0.3) is 11.8 Å². The van der Waals surface area contributed by atoms with Crippen LogP contribution in [0.15, 0.2) is 24.3 Å². The molecule has 0 heterocycles. The Labute approximate surface area is 148 Å². The Balaban J connectivity index is 2.66. The Morgan fingerprint density at radius 3 is 2.04 bits per heavy atom. The Morgan fingerprint density at radius 2 is 1.60 bits per heavy atom. The van der Waals surface area contributed by atoms with E-state index in [0.29, 0.717) is 5.56 Å². The second-order valence-electron chi connectivity index (χ2n) is 5.89. The van der Waals surface area contributed by atoms with E-state index >= 15 is 0 Å². The normalized spacial score (nSPS) is 11.6. The summed E-state index contributed by atoms with van der Waals surface area (Å²) < 4.78 is 0. The molecule has 0 saturated carbocycles. The first-order valence-electron chi connectivity index (χ1n) is 8.31. The first-order valence-corrected chi connectivity index (χ1v) is 8.31. The topological polar surface area (TPSA) is 117 Å². The molecule has 0 aromatic heterocycles. The van der Waals surface area contributed by atoms with Crippen molar-refractivity contribution in [3.05, 3.63) is 29.8 Å². The van der Waals surface area contributed by atoms with Crippen molar-refractivity contribution in [1.82, 2.24) is 16.2 Å². The smallest absolute Gasteiger partial charge is 0.312 e. The van der Waals surface area contributed by atoms with Gasteiger partial charge in [0, 0.05) is 24.3 Å². The molecule has 0 aliphatic heterocycles. The van der Waals surface area contributed by atoms with Crippen molar-refractivity contribution in [2.45, 2.75) is 33.7 Å². The largest absolute Gasteiger partial charge is 0.372 e. The van der Waals surface area contributed by atoms with Gasteiger partial charge in [-0.25, -0.2) is 4.79 Å². The number of primary amides is 1. The molecule has 5 N–H and O–H groups in total. The van der Waals surface area contributed by atoms with Gasteiger partial charge < -0.3 is 16.0 Å². The van der Waals surface area contributed by atoms with Gasteiger partial charge in [-0.05, 0) is 44.0 Å². The molecule has 4 amide bonds. The molecular weight excluding hydrogens is 322 g/mol. The summed E-state index contributed by atoms with van der Waals surface area (Å²) in [6, 6.07) is 5.47. The van der Waals surface area contributed by atoms with E-state index in [-0.39, 0.29) is 5.92 Å². The lowest BCUT2D eigenvalue weighted by atomic mass is 10.0. The van der Waals surface area contributed by atoms with Crippen molar-refractivity contribution in [3.63, 3.8) is 0 Å². The molecule has 1 atom stereocenters. The van der Waals surface area contributed by atoms with Gasteiger partial charge in [-0.15, -0.1) is 0 Å². The van der Waals surface area contributed by atoms with Crippen LogP contribution in [0, 0.1) is 5.92 Å². The maximum atomic E-state index is 12.1. The quantitative estimate of drug-likeness (QED) is 0.549. The second kappa shape index (κ2) is 9.51. The molecule has 0 spiro atoms. The van der Waals surface area contributed by atoms with Crippen molar-refractivity contribution >= 4 is 23.5 Å². The van der Waals surface area contributed by atoms with Crippen LogP contribution in [0.25, 0.3) is 0 Å². The van der Waals surface area contributed by atoms with E-state index in [1.807, 2.05) is 12.1 Å². The molecule has 8 heteroatoms. The maximum Gasteiger partial charge on any atom is 0.312 e. The van der Waals surface area contributed by atoms with Crippen molar-refractivity contribution in [1.29, 1.82) is 0 Å². The lowest BCUT2D eigenvalue weighted by molar-refractivity contribution is -0.124. The van der Waals surface area contributed by atoms with Gasteiger partial charge in [-0.1, -0.05) is 13.8 Å². The van der Waals surface area contributed by atoms with Gasteiger partial charge in [0.15, 0.2) is 0 Å². The maximum absolute atomic E-state index is 12.1. The van der Waals surface area contributed by atoms with Gasteiger partial charge in [0.1, 0.15) is 6.04 Å². The summed E-state index contributed by atoms with van der Waals surface area (Å²) in [5.74, 6) is -1.17. The number of carbonyl (C=O) groups excluding carboxylic acids is 3. The van der Waals surface area contributed by atoms with Crippen LogP contribution in [0.3, 0.4) is 0 Å². The summed E-state index contributed by atoms with van der Waals surface area (Å²) in [5.41, 5.74) is 11.1. The van der Waals surface area contributed by atoms with E-state index in [9.17, 15) is 14.4 Å². The molecule has 0 aliphatic rings. The number of nitrogens with one attached hydrogen (secondary N) is 3. The minimum absolute atomic E-state index is 0.183. The molecule has 25 heavy (non-hydrogen) atoms. The van der Waals surface area contributed by atoms with Gasteiger partial charge in [0.05, 0.1) is 0 Å². The van der Waals surface area contributed by atoms with Crippen LogP contribution < -0.4 is 26.8 Å². The summed E-state index contributed by atoms with van der Waals surface area (Å²) >= 11 is 0. The molecule has 1 aromatic carbocycles. The number of anilines is 1. The Bertz CT molecular complexity index is 597. The molecule has 1 unspecified atom stereocenters. The summed E-state index contributed by atoms with van der Waals surface area (Å²) in [4.78, 5) is 37.3. The molecule has 8 nitrogen and oxygen atoms in total. The first kappa shape index (κ1) is 20.3.